The molecule has 1 saturated heterocycles. The van der Waals surface area contributed by atoms with Gasteiger partial charge in [-0.2, -0.15) is 0 Å². The zero-order valence-electron chi connectivity index (χ0n) is 9.57. The molecule has 0 radical (unpaired) electrons. The topological polar surface area (TPSA) is 23.6 Å². The van der Waals surface area contributed by atoms with Crippen molar-refractivity contribution in [3.8, 4) is 0 Å². The number of piperazine rings is 1. The lowest BCUT2D eigenvalue weighted by molar-refractivity contribution is -0.111. The van der Waals surface area contributed by atoms with Crippen LogP contribution in [0.2, 0.25) is 0 Å². The maximum Gasteiger partial charge on any atom is 0.124 e. The van der Waals surface area contributed by atoms with E-state index in [2.05, 4.69) is 23.6 Å². The van der Waals surface area contributed by atoms with Crippen molar-refractivity contribution in [2.75, 3.05) is 32.7 Å². The molecule has 0 N–H and O–H groups in total. The fourth-order valence-electron chi connectivity index (χ4n) is 2.16. The Labute approximate surface area is 87.1 Å². The first-order valence-electron chi connectivity index (χ1n) is 5.59. The number of hydrogen-bond acceptors (Lipinski definition) is 3. The highest BCUT2D eigenvalue weighted by molar-refractivity contribution is 5.53. The lowest BCUT2D eigenvalue weighted by atomic mass is 10.1. The lowest BCUT2D eigenvalue weighted by Crippen LogP contribution is -2.52. The minimum absolute atomic E-state index is 0.176. The molecule has 0 amide bonds. The zero-order valence-corrected chi connectivity index (χ0v) is 9.57. The molecule has 1 aliphatic heterocycles. The van der Waals surface area contributed by atoms with Gasteiger partial charge in [0.15, 0.2) is 0 Å². The van der Waals surface area contributed by atoms with E-state index in [1.54, 1.807) is 0 Å². The highest BCUT2D eigenvalue weighted by Crippen LogP contribution is 2.10. The third kappa shape index (κ3) is 3.07. The van der Waals surface area contributed by atoms with Crippen molar-refractivity contribution < 1.29 is 4.79 Å². The number of hydrogen-bond donors (Lipinski definition) is 0. The minimum atomic E-state index is 0.176. The number of aldehydes is 1. The van der Waals surface area contributed by atoms with E-state index in [1.165, 1.54) is 0 Å². The summed E-state index contributed by atoms with van der Waals surface area (Å²) in [5.74, 6) is 0.176. The number of nitrogens with zero attached hydrogens (tertiary/aromatic N) is 2. The van der Waals surface area contributed by atoms with E-state index in [-0.39, 0.29) is 5.92 Å². The van der Waals surface area contributed by atoms with Gasteiger partial charge in [0.05, 0.1) is 0 Å². The number of carbonyl (C=O) groups excluding carboxylic acids is 1. The van der Waals surface area contributed by atoms with Crippen molar-refractivity contribution in [3.05, 3.63) is 0 Å². The zero-order chi connectivity index (χ0) is 10.6. The van der Waals surface area contributed by atoms with Gasteiger partial charge in [0.25, 0.3) is 0 Å². The molecule has 0 bridgehead atoms. The fourth-order valence-corrected chi connectivity index (χ4v) is 2.16. The molecule has 0 aliphatic carbocycles. The molecule has 1 fully saturated rings. The van der Waals surface area contributed by atoms with E-state index in [1.807, 2.05) is 6.92 Å². The monoisotopic (exact) mass is 198 g/mol. The highest BCUT2D eigenvalue weighted by atomic mass is 16.1. The Morgan fingerprint density at radius 1 is 1.50 bits per heavy atom. The summed E-state index contributed by atoms with van der Waals surface area (Å²) in [6.45, 7) is 11.9. The van der Waals surface area contributed by atoms with Crippen molar-refractivity contribution in [2.24, 2.45) is 5.92 Å². The van der Waals surface area contributed by atoms with Crippen LogP contribution in [0.3, 0.4) is 0 Å². The van der Waals surface area contributed by atoms with Gasteiger partial charge >= 0.3 is 0 Å². The van der Waals surface area contributed by atoms with Crippen LogP contribution in [0.4, 0.5) is 0 Å². The van der Waals surface area contributed by atoms with Crippen LogP contribution in [-0.2, 0) is 4.79 Å². The van der Waals surface area contributed by atoms with E-state index in [0.717, 1.165) is 39.0 Å². The van der Waals surface area contributed by atoms with Crippen LogP contribution in [0.5, 0.6) is 0 Å². The molecule has 0 spiro atoms. The Kier molecular flexibility index (Phi) is 4.55. The van der Waals surface area contributed by atoms with Gasteiger partial charge in [-0.1, -0.05) is 13.8 Å². The minimum Gasteiger partial charge on any atom is -0.303 e. The standard InChI is InChI=1S/C11H22N2O/c1-4-13-6-5-12(8-11(13)3)7-10(2)9-14/h9-11H,4-8H2,1-3H3. The Morgan fingerprint density at radius 2 is 2.21 bits per heavy atom. The summed E-state index contributed by atoms with van der Waals surface area (Å²) in [7, 11) is 0. The third-order valence-corrected chi connectivity index (χ3v) is 3.03. The summed E-state index contributed by atoms with van der Waals surface area (Å²) >= 11 is 0. The van der Waals surface area contributed by atoms with E-state index in [0.29, 0.717) is 6.04 Å². The summed E-state index contributed by atoms with van der Waals surface area (Å²) in [6, 6.07) is 0.632. The number of rotatable bonds is 4. The first-order valence-corrected chi connectivity index (χ1v) is 5.59. The van der Waals surface area contributed by atoms with E-state index < -0.39 is 0 Å². The van der Waals surface area contributed by atoms with Crippen LogP contribution in [0.25, 0.3) is 0 Å². The molecule has 1 rings (SSSR count). The molecule has 0 aromatic carbocycles. The molecule has 1 aliphatic rings. The van der Waals surface area contributed by atoms with Crippen molar-refractivity contribution in [2.45, 2.75) is 26.8 Å². The van der Waals surface area contributed by atoms with Crippen LogP contribution in [0, 0.1) is 5.92 Å². The molecule has 2 atom stereocenters. The van der Waals surface area contributed by atoms with Gasteiger partial charge in [0.2, 0.25) is 0 Å². The maximum absolute atomic E-state index is 10.5. The second kappa shape index (κ2) is 5.47. The van der Waals surface area contributed by atoms with E-state index in [4.69, 9.17) is 0 Å². The molecule has 1 heterocycles. The highest BCUT2D eigenvalue weighted by Gasteiger charge is 2.22. The van der Waals surface area contributed by atoms with E-state index >= 15 is 0 Å². The van der Waals surface area contributed by atoms with Crippen molar-refractivity contribution in [1.82, 2.24) is 9.80 Å². The average molecular weight is 198 g/mol. The van der Waals surface area contributed by atoms with Gasteiger partial charge in [0, 0.05) is 38.1 Å². The maximum atomic E-state index is 10.5. The summed E-state index contributed by atoms with van der Waals surface area (Å²) in [4.78, 5) is 15.4. The molecule has 0 aromatic rings. The molecule has 14 heavy (non-hydrogen) atoms. The van der Waals surface area contributed by atoms with Gasteiger partial charge in [-0.25, -0.2) is 0 Å². The predicted molar refractivity (Wildman–Crippen MR) is 58.4 cm³/mol. The van der Waals surface area contributed by atoms with Crippen molar-refractivity contribution in [3.63, 3.8) is 0 Å². The Bertz CT molecular complexity index is 184. The summed E-state index contributed by atoms with van der Waals surface area (Å²) < 4.78 is 0. The average Bonchev–Trinajstić information content (AvgIpc) is 2.18. The van der Waals surface area contributed by atoms with Crippen LogP contribution in [0.1, 0.15) is 20.8 Å². The third-order valence-electron chi connectivity index (χ3n) is 3.03. The molecule has 0 saturated carbocycles. The van der Waals surface area contributed by atoms with Gasteiger partial charge in [-0.3, -0.25) is 9.80 Å². The summed E-state index contributed by atoms with van der Waals surface area (Å²) in [6.07, 6.45) is 1.05. The molecule has 82 valence electrons. The SMILES string of the molecule is CCN1CCN(CC(C)C=O)CC1C. The Hall–Kier alpha value is -0.410. The van der Waals surface area contributed by atoms with Gasteiger partial charge in [-0.05, 0) is 13.5 Å². The number of carbonyl (C=O) groups is 1. The molecule has 3 nitrogen and oxygen atoms in total. The van der Waals surface area contributed by atoms with Gasteiger partial charge in [0.1, 0.15) is 6.29 Å². The molecular formula is C11H22N2O. The first kappa shape index (κ1) is 11.7. The smallest absolute Gasteiger partial charge is 0.124 e. The second-order valence-corrected chi connectivity index (χ2v) is 4.35. The second-order valence-electron chi connectivity index (χ2n) is 4.35. The van der Waals surface area contributed by atoms with E-state index in [9.17, 15) is 4.79 Å². The molecule has 2 unspecified atom stereocenters. The Morgan fingerprint density at radius 3 is 2.71 bits per heavy atom. The molecule has 0 aromatic heterocycles. The first-order chi connectivity index (χ1) is 6.67. The lowest BCUT2D eigenvalue weighted by Gasteiger charge is -2.39. The number of likely N-dealkylation sites (N-methyl/N-ethyl adjacent to an activating group) is 1. The normalized spacial score (nSPS) is 27.5. The van der Waals surface area contributed by atoms with Crippen LogP contribution >= 0.6 is 0 Å². The van der Waals surface area contributed by atoms with Crippen LogP contribution < -0.4 is 0 Å². The van der Waals surface area contributed by atoms with Gasteiger partial charge < -0.3 is 4.79 Å². The Balaban J connectivity index is 2.34. The quantitative estimate of drug-likeness (QED) is 0.626. The predicted octanol–water partition coefficient (Wildman–Crippen LogP) is 0.847. The summed E-state index contributed by atoms with van der Waals surface area (Å²) in [5, 5.41) is 0. The van der Waals surface area contributed by atoms with Crippen LogP contribution in [-0.4, -0.2) is 54.9 Å². The fraction of sp³-hybridized carbons (Fsp3) is 0.909. The van der Waals surface area contributed by atoms with Crippen molar-refractivity contribution in [1.29, 1.82) is 0 Å². The van der Waals surface area contributed by atoms with Gasteiger partial charge in [-0.15, -0.1) is 0 Å². The summed E-state index contributed by atoms with van der Waals surface area (Å²) in [5.41, 5.74) is 0. The van der Waals surface area contributed by atoms with Crippen LogP contribution in [0.15, 0.2) is 0 Å². The van der Waals surface area contributed by atoms with Crippen molar-refractivity contribution >= 4 is 6.29 Å². The molecule has 3 heteroatoms. The molecular weight excluding hydrogens is 176 g/mol. The largest absolute Gasteiger partial charge is 0.303 e.